The lowest BCUT2D eigenvalue weighted by Crippen LogP contribution is -2.32. The van der Waals surface area contributed by atoms with Gasteiger partial charge in [-0.15, -0.1) is 0 Å². The first-order chi connectivity index (χ1) is 8.90. The van der Waals surface area contributed by atoms with Crippen LogP contribution in [0.1, 0.15) is 44.1 Å². The Kier molecular flexibility index (Phi) is 5.02. The Balaban J connectivity index is 2.88. The third-order valence-electron chi connectivity index (χ3n) is 3.05. The molecule has 0 saturated carbocycles. The molecule has 1 aromatic rings. The summed E-state index contributed by atoms with van der Waals surface area (Å²) in [4.78, 5) is 22.4. The number of amides is 1. The molecule has 0 radical (unpaired) electrons. The number of aromatic nitrogens is 2. The van der Waals surface area contributed by atoms with Gasteiger partial charge in [0, 0.05) is 6.54 Å². The Morgan fingerprint density at radius 3 is 2.63 bits per heavy atom. The third-order valence-corrected chi connectivity index (χ3v) is 3.05. The standard InChI is InChI=1S/C12H20N4O3/c1-5-6-7-13-12(17)10(4)15-9(3)11(16(18)19)8(2)14-15/h10H,5-7H2,1-4H3,(H,13,17). The molecule has 1 atom stereocenters. The molecule has 1 unspecified atom stereocenters. The van der Waals surface area contributed by atoms with Crippen molar-refractivity contribution < 1.29 is 9.72 Å². The van der Waals surface area contributed by atoms with Crippen molar-refractivity contribution in [1.82, 2.24) is 15.1 Å². The molecule has 1 amide bonds. The Bertz CT molecular complexity index is 482. The molecule has 19 heavy (non-hydrogen) atoms. The first kappa shape index (κ1) is 15.1. The summed E-state index contributed by atoms with van der Waals surface area (Å²) < 4.78 is 1.41. The fourth-order valence-electron chi connectivity index (χ4n) is 1.94. The topological polar surface area (TPSA) is 90.1 Å². The van der Waals surface area contributed by atoms with Gasteiger partial charge in [0.15, 0.2) is 0 Å². The summed E-state index contributed by atoms with van der Waals surface area (Å²) in [5.74, 6) is -0.172. The van der Waals surface area contributed by atoms with E-state index in [-0.39, 0.29) is 11.6 Å². The van der Waals surface area contributed by atoms with Crippen LogP contribution >= 0.6 is 0 Å². The Morgan fingerprint density at radius 2 is 2.16 bits per heavy atom. The van der Waals surface area contributed by atoms with Gasteiger partial charge in [-0.2, -0.15) is 5.10 Å². The van der Waals surface area contributed by atoms with E-state index < -0.39 is 11.0 Å². The second kappa shape index (κ2) is 6.31. The first-order valence-electron chi connectivity index (χ1n) is 6.37. The molecule has 0 bridgehead atoms. The van der Waals surface area contributed by atoms with E-state index in [2.05, 4.69) is 10.4 Å². The van der Waals surface area contributed by atoms with Crippen molar-refractivity contribution in [2.24, 2.45) is 0 Å². The van der Waals surface area contributed by atoms with E-state index in [4.69, 9.17) is 0 Å². The Hall–Kier alpha value is -1.92. The zero-order chi connectivity index (χ0) is 14.6. The van der Waals surface area contributed by atoms with E-state index in [9.17, 15) is 14.9 Å². The average molecular weight is 268 g/mol. The predicted molar refractivity (Wildman–Crippen MR) is 71.0 cm³/mol. The summed E-state index contributed by atoms with van der Waals surface area (Å²) in [6.45, 7) is 7.52. The van der Waals surface area contributed by atoms with E-state index >= 15 is 0 Å². The number of hydrogen-bond acceptors (Lipinski definition) is 4. The molecule has 1 rings (SSSR count). The van der Waals surface area contributed by atoms with Crippen molar-refractivity contribution in [2.45, 2.75) is 46.6 Å². The largest absolute Gasteiger partial charge is 0.354 e. The Morgan fingerprint density at radius 1 is 1.53 bits per heavy atom. The van der Waals surface area contributed by atoms with Gasteiger partial charge in [-0.1, -0.05) is 13.3 Å². The molecule has 0 fully saturated rings. The minimum Gasteiger partial charge on any atom is -0.354 e. The fourth-order valence-corrected chi connectivity index (χ4v) is 1.94. The highest BCUT2D eigenvalue weighted by Gasteiger charge is 2.26. The van der Waals surface area contributed by atoms with Crippen LogP contribution in [0.2, 0.25) is 0 Å². The highest BCUT2D eigenvalue weighted by molar-refractivity contribution is 5.80. The van der Waals surface area contributed by atoms with Crippen LogP contribution in [0, 0.1) is 24.0 Å². The van der Waals surface area contributed by atoms with Gasteiger partial charge in [0.25, 0.3) is 0 Å². The summed E-state index contributed by atoms with van der Waals surface area (Å²) in [7, 11) is 0. The van der Waals surface area contributed by atoms with Crippen LogP contribution < -0.4 is 5.32 Å². The number of aryl methyl sites for hydroxylation is 1. The zero-order valence-corrected chi connectivity index (χ0v) is 11.8. The number of nitrogens with zero attached hydrogens (tertiary/aromatic N) is 3. The van der Waals surface area contributed by atoms with E-state index in [1.165, 1.54) is 4.68 Å². The third kappa shape index (κ3) is 3.30. The maximum atomic E-state index is 11.9. The minimum absolute atomic E-state index is 0.0202. The first-order valence-corrected chi connectivity index (χ1v) is 6.37. The maximum absolute atomic E-state index is 11.9. The highest BCUT2D eigenvalue weighted by atomic mass is 16.6. The normalized spacial score (nSPS) is 12.2. The number of nitrogens with one attached hydrogen (secondary N) is 1. The quantitative estimate of drug-likeness (QED) is 0.484. The number of unbranched alkanes of at least 4 members (excludes halogenated alkanes) is 1. The van der Waals surface area contributed by atoms with Crippen molar-refractivity contribution in [3.63, 3.8) is 0 Å². The van der Waals surface area contributed by atoms with Crippen molar-refractivity contribution in [3.05, 3.63) is 21.5 Å². The lowest BCUT2D eigenvalue weighted by molar-refractivity contribution is -0.386. The molecule has 7 nitrogen and oxygen atoms in total. The van der Waals surface area contributed by atoms with Gasteiger partial charge >= 0.3 is 5.69 Å². The molecular weight excluding hydrogens is 248 g/mol. The van der Waals surface area contributed by atoms with Gasteiger partial charge in [0.1, 0.15) is 17.4 Å². The average Bonchev–Trinajstić information content (AvgIpc) is 2.63. The van der Waals surface area contributed by atoms with Crippen molar-refractivity contribution >= 4 is 11.6 Å². The number of carbonyl (C=O) groups excluding carboxylic acids is 1. The molecule has 1 aromatic heterocycles. The molecule has 1 N–H and O–H groups in total. The molecular formula is C12H20N4O3. The van der Waals surface area contributed by atoms with Gasteiger partial charge in [-0.05, 0) is 27.2 Å². The van der Waals surface area contributed by atoms with Crippen LogP contribution in [0.15, 0.2) is 0 Å². The van der Waals surface area contributed by atoms with Crippen LogP contribution in [0.4, 0.5) is 5.69 Å². The summed E-state index contributed by atoms with van der Waals surface area (Å²) in [6.07, 6.45) is 1.91. The molecule has 0 saturated heterocycles. The van der Waals surface area contributed by atoms with Crippen LogP contribution in [-0.2, 0) is 4.79 Å². The van der Waals surface area contributed by atoms with Crippen molar-refractivity contribution in [1.29, 1.82) is 0 Å². The maximum Gasteiger partial charge on any atom is 0.312 e. The Labute approximate surface area is 112 Å². The summed E-state index contributed by atoms with van der Waals surface area (Å²) in [6, 6.07) is -0.552. The van der Waals surface area contributed by atoms with E-state index in [1.54, 1.807) is 20.8 Å². The van der Waals surface area contributed by atoms with Crippen LogP contribution in [-0.4, -0.2) is 27.2 Å². The fraction of sp³-hybridized carbons (Fsp3) is 0.667. The van der Waals surface area contributed by atoms with Crippen LogP contribution in [0.5, 0.6) is 0 Å². The number of hydrogen-bond donors (Lipinski definition) is 1. The van der Waals surface area contributed by atoms with Gasteiger partial charge in [-0.3, -0.25) is 19.6 Å². The lowest BCUT2D eigenvalue weighted by atomic mass is 10.2. The number of carbonyl (C=O) groups is 1. The summed E-state index contributed by atoms with van der Waals surface area (Å²) >= 11 is 0. The summed E-state index contributed by atoms with van der Waals surface area (Å²) in [5, 5.41) is 17.8. The molecule has 0 aliphatic carbocycles. The second-order valence-corrected chi connectivity index (χ2v) is 4.54. The molecule has 7 heteroatoms. The van der Waals surface area contributed by atoms with Crippen molar-refractivity contribution in [3.8, 4) is 0 Å². The molecule has 0 aromatic carbocycles. The second-order valence-electron chi connectivity index (χ2n) is 4.54. The summed E-state index contributed by atoms with van der Waals surface area (Å²) in [5.41, 5.74) is 0.713. The minimum atomic E-state index is -0.552. The molecule has 106 valence electrons. The lowest BCUT2D eigenvalue weighted by Gasteiger charge is -2.13. The smallest absolute Gasteiger partial charge is 0.312 e. The van der Waals surface area contributed by atoms with Gasteiger partial charge in [-0.25, -0.2) is 0 Å². The molecule has 1 heterocycles. The van der Waals surface area contributed by atoms with Gasteiger partial charge < -0.3 is 5.32 Å². The van der Waals surface area contributed by atoms with Crippen LogP contribution in [0.3, 0.4) is 0 Å². The van der Waals surface area contributed by atoms with Gasteiger partial charge in [0.2, 0.25) is 5.91 Å². The SMILES string of the molecule is CCCCNC(=O)C(C)n1nc(C)c([N+](=O)[O-])c1C. The van der Waals surface area contributed by atoms with Crippen LogP contribution in [0.25, 0.3) is 0 Å². The van der Waals surface area contributed by atoms with Gasteiger partial charge in [0.05, 0.1) is 4.92 Å². The zero-order valence-electron chi connectivity index (χ0n) is 11.8. The van der Waals surface area contributed by atoms with E-state index in [0.717, 1.165) is 12.8 Å². The molecule has 0 spiro atoms. The van der Waals surface area contributed by atoms with E-state index in [1.807, 2.05) is 6.92 Å². The monoisotopic (exact) mass is 268 g/mol. The molecule has 0 aliphatic heterocycles. The van der Waals surface area contributed by atoms with E-state index in [0.29, 0.717) is 17.9 Å². The van der Waals surface area contributed by atoms with Crippen molar-refractivity contribution in [2.75, 3.05) is 6.54 Å². The predicted octanol–water partition coefficient (Wildman–Crippen LogP) is 1.89. The number of rotatable bonds is 6. The highest BCUT2D eigenvalue weighted by Crippen LogP contribution is 2.24. The molecule has 0 aliphatic rings. The number of nitro groups is 1.